The SMILES string of the molecule is CCCn1c(=O)c(N(Cc2cccc(C(F)(F)F)c2)C(=O)c2cn[nH]c2)c(N)n(CC)c1=O. The summed E-state index contributed by atoms with van der Waals surface area (Å²) in [6.07, 6.45) is -1.61. The molecule has 33 heavy (non-hydrogen) atoms. The molecule has 176 valence electrons. The van der Waals surface area contributed by atoms with Gasteiger partial charge in [0.15, 0.2) is 5.69 Å². The van der Waals surface area contributed by atoms with Crippen LogP contribution in [0.2, 0.25) is 0 Å². The quantitative estimate of drug-likeness (QED) is 0.557. The smallest absolute Gasteiger partial charge is 0.383 e. The van der Waals surface area contributed by atoms with E-state index in [1.807, 2.05) is 0 Å². The molecular weight excluding hydrogens is 441 g/mol. The standard InChI is InChI=1S/C21H23F3N6O3/c1-3-8-29-19(32)16(17(25)28(4-2)20(29)33)30(18(31)14-10-26-27-11-14)12-13-6-5-7-15(9-13)21(22,23)24/h5-7,9-11H,3-4,8,12,25H2,1-2H3,(H,26,27). The third-order valence-electron chi connectivity index (χ3n) is 5.06. The summed E-state index contributed by atoms with van der Waals surface area (Å²) in [6.45, 7) is 3.25. The zero-order chi connectivity index (χ0) is 24.3. The second-order valence-corrected chi connectivity index (χ2v) is 7.29. The Morgan fingerprint density at radius 2 is 1.94 bits per heavy atom. The monoisotopic (exact) mass is 464 g/mol. The summed E-state index contributed by atoms with van der Waals surface area (Å²) < 4.78 is 41.8. The second-order valence-electron chi connectivity index (χ2n) is 7.29. The van der Waals surface area contributed by atoms with Crippen LogP contribution in [0.5, 0.6) is 0 Å². The fourth-order valence-corrected chi connectivity index (χ4v) is 3.49. The number of alkyl halides is 3. The normalized spacial score (nSPS) is 11.5. The van der Waals surface area contributed by atoms with Crippen LogP contribution in [0.4, 0.5) is 24.7 Å². The number of aromatic amines is 1. The maximum atomic E-state index is 13.3. The van der Waals surface area contributed by atoms with Crippen LogP contribution < -0.4 is 21.9 Å². The molecule has 0 bridgehead atoms. The van der Waals surface area contributed by atoms with Gasteiger partial charge in [0.2, 0.25) is 0 Å². The van der Waals surface area contributed by atoms with Crippen molar-refractivity contribution in [2.24, 2.45) is 0 Å². The van der Waals surface area contributed by atoms with Gasteiger partial charge in [-0.05, 0) is 31.0 Å². The summed E-state index contributed by atoms with van der Waals surface area (Å²) in [4.78, 5) is 40.3. The molecule has 1 amide bonds. The molecule has 3 aromatic rings. The van der Waals surface area contributed by atoms with E-state index < -0.39 is 28.9 Å². The largest absolute Gasteiger partial charge is 0.416 e. The number of halogens is 3. The van der Waals surface area contributed by atoms with Gasteiger partial charge in [-0.1, -0.05) is 19.1 Å². The van der Waals surface area contributed by atoms with Crippen LogP contribution in [-0.4, -0.2) is 25.2 Å². The average Bonchev–Trinajstić information content (AvgIpc) is 3.30. The number of nitrogen functional groups attached to an aromatic ring is 1. The molecule has 0 aliphatic rings. The Hall–Kier alpha value is -3.83. The van der Waals surface area contributed by atoms with Crippen LogP contribution in [0.1, 0.15) is 41.8 Å². The maximum absolute atomic E-state index is 13.3. The van der Waals surface area contributed by atoms with Gasteiger partial charge in [-0.2, -0.15) is 18.3 Å². The Bertz CT molecular complexity index is 1260. The van der Waals surface area contributed by atoms with Crippen LogP contribution in [0, 0.1) is 0 Å². The van der Waals surface area contributed by atoms with E-state index in [4.69, 9.17) is 5.73 Å². The summed E-state index contributed by atoms with van der Waals surface area (Å²) in [6, 6.07) is 4.42. The molecule has 0 aliphatic carbocycles. The zero-order valence-corrected chi connectivity index (χ0v) is 18.0. The van der Waals surface area contributed by atoms with E-state index in [2.05, 4.69) is 10.2 Å². The molecule has 0 saturated heterocycles. The first-order chi connectivity index (χ1) is 15.6. The molecule has 3 N–H and O–H groups in total. The van der Waals surface area contributed by atoms with E-state index in [1.165, 1.54) is 24.5 Å². The lowest BCUT2D eigenvalue weighted by Crippen LogP contribution is -2.46. The van der Waals surface area contributed by atoms with Crippen molar-refractivity contribution in [3.05, 3.63) is 74.2 Å². The number of hydrogen-bond acceptors (Lipinski definition) is 5. The molecule has 0 atom stereocenters. The highest BCUT2D eigenvalue weighted by Gasteiger charge is 2.32. The van der Waals surface area contributed by atoms with Gasteiger partial charge in [0.1, 0.15) is 5.82 Å². The Morgan fingerprint density at radius 3 is 2.52 bits per heavy atom. The molecule has 0 saturated carbocycles. The fourth-order valence-electron chi connectivity index (χ4n) is 3.49. The van der Waals surface area contributed by atoms with Crippen LogP contribution in [-0.2, 0) is 25.8 Å². The first-order valence-electron chi connectivity index (χ1n) is 10.2. The summed E-state index contributed by atoms with van der Waals surface area (Å²) in [5, 5.41) is 6.21. The summed E-state index contributed by atoms with van der Waals surface area (Å²) in [5.41, 5.74) is 3.74. The number of carbonyl (C=O) groups excluding carboxylic acids is 1. The van der Waals surface area contributed by atoms with Crippen molar-refractivity contribution in [2.75, 3.05) is 10.6 Å². The Kier molecular flexibility index (Phi) is 6.75. The molecule has 12 heteroatoms. The number of nitrogens with one attached hydrogen (secondary N) is 1. The lowest BCUT2D eigenvalue weighted by molar-refractivity contribution is -0.137. The van der Waals surface area contributed by atoms with Crippen LogP contribution in [0.3, 0.4) is 0 Å². The van der Waals surface area contributed by atoms with E-state index in [9.17, 15) is 27.6 Å². The minimum atomic E-state index is -4.59. The van der Waals surface area contributed by atoms with Gasteiger partial charge in [-0.3, -0.25) is 28.7 Å². The third kappa shape index (κ3) is 4.69. The number of nitrogens with two attached hydrogens (primary N) is 1. The number of anilines is 2. The lowest BCUT2D eigenvalue weighted by atomic mass is 10.1. The van der Waals surface area contributed by atoms with Gasteiger partial charge in [0, 0.05) is 19.3 Å². The van der Waals surface area contributed by atoms with Crippen LogP contribution in [0.15, 0.2) is 46.2 Å². The van der Waals surface area contributed by atoms with Gasteiger partial charge >= 0.3 is 11.9 Å². The fraction of sp³-hybridized carbons (Fsp3) is 0.333. The lowest BCUT2D eigenvalue weighted by Gasteiger charge is -2.25. The average molecular weight is 464 g/mol. The zero-order valence-electron chi connectivity index (χ0n) is 18.0. The number of carbonyl (C=O) groups is 1. The molecule has 0 radical (unpaired) electrons. The van der Waals surface area contributed by atoms with Gasteiger partial charge in [0.25, 0.3) is 11.5 Å². The molecule has 2 aromatic heterocycles. The van der Waals surface area contributed by atoms with E-state index in [-0.39, 0.29) is 42.3 Å². The van der Waals surface area contributed by atoms with Crippen molar-refractivity contribution in [1.82, 2.24) is 19.3 Å². The number of nitrogens with zero attached hydrogens (tertiary/aromatic N) is 4. The highest BCUT2D eigenvalue weighted by atomic mass is 19.4. The van der Waals surface area contributed by atoms with Gasteiger partial charge in [-0.25, -0.2) is 4.79 Å². The summed E-state index contributed by atoms with van der Waals surface area (Å²) in [7, 11) is 0. The number of aromatic nitrogens is 4. The molecule has 0 aliphatic heterocycles. The van der Waals surface area contributed by atoms with Gasteiger partial charge in [-0.15, -0.1) is 0 Å². The number of H-pyrrole nitrogens is 1. The van der Waals surface area contributed by atoms with Crippen molar-refractivity contribution in [2.45, 2.75) is 46.1 Å². The second kappa shape index (κ2) is 9.35. The van der Waals surface area contributed by atoms with E-state index >= 15 is 0 Å². The van der Waals surface area contributed by atoms with Crippen LogP contribution in [0.25, 0.3) is 0 Å². The molecule has 0 fully saturated rings. The molecule has 9 nitrogen and oxygen atoms in total. The molecule has 1 aromatic carbocycles. The van der Waals surface area contributed by atoms with Crippen molar-refractivity contribution >= 4 is 17.4 Å². The predicted octanol–water partition coefficient (Wildman–Crippen LogP) is 2.61. The van der Waals surface area contributed by atoms with Gasteiger partial charge < -0.3 is 5.73 Å². The Labute approximate surface area is 186 Å². The summed E-state index contributed by atoms with van der Waals surface area (Å²) in [5.74, 6) is -0.960. The maximum Gasteiger partial charge on any atom is 0.416 e. The van der Waals surface area contributed by atoms with Crippen LogP contribution >= 0.6 is 0 Å². The Balaban J connectivity index is 2.24. The van der Waals surface area contributed by atoms with E-state index in [1.54, 1.807) is 13.8 Å². The first-order valence-corrected chi connectivity index (χ1v) is 10.2. The van der Waals surface area contributed by atoms with E-state index in [0.717, 1.165) is 26.2 Å². The minimum Gasteiger partial charge on any atom is -0.383 e. The number of rotatable bonds is 7. The molecular formula is C21H23F3N6O3. The topological polar surface area (TPSA) is 119 Å². The highest BCUT2D eigenvalue weighted by Crippen LogP contribution is 2.30. The van der Waals surface area contributed by atoms with Crippen molar-refractivity contribution in [3.8, 4) is 0 Å². The van der Waals surface area contributed by atoms with Crippen molar-refractivity contribution in [3.63, 3.8) is 0 Å². The minimum absolute atomic E-state index is 0.0667. The molecule has 0 spiro atoms. The molecule has 2 heterocycles. The molecule has 3 rings (SSSR count). The Morgan fingerprint density at radius 1 is 1.21 bits per heavy atom. The highest BCUT2D eigenvalue weighted by molar-refractivity contribution is 6.06. The third-order valence-corrected chi connectivity index (χ3v) is 5.06. The predicted molar refractivity (Wildman–Crippen MR) is 116 cm³/mol. The summed E-state index contributed by atoms with van der Waals surface area (Å²) >= 11 is 0. The number of amides is 1. The van der Waals surface area contributed by atoms with Gasteiger partial charge in [0.05, 0.1) is 23.9 Å². The van der Waals surface area contributed by atoms with Crippen molar-refractivity contribution < 1.29 is 18.0 Å². The number of hydrogen-bond donors (Lipinski definition) is 2. The molecule has 0 unspecified atom stereocenters. The first kappa shape index (κ1) is 23.8. The number of benzene rings is 1. The van der Waals surface area contributed by atoms with E-state index in [0.29, 0.717) is 6.42 Å². The van der Waals surface area contributed by atoms with Crippen molar-refractivity contribution in [1.29, 1.82) is 0 Å².